The molecule has 0 radical (unpaired) electrons. The van der Waals surface area contributed by atoms with Gasteiger partial charge in [-0.05, 0) is 55.7 Å². The number of nitrogens with zero attached hydrogens (tertiary/aromatic N) is 6. The van der Waals surface area contributed by atoms with E-state index in [9.17, 15) is 19.7 Å². The molecule has 234 valence electrons. The van der Waals surface area contributed by atoms with Gasteiger partial charge in [-0.3, -0.25) is 24.3 Å². The van der Waals surface area contributed by atoms with Crippen molar-refractivity contribution in [2.75, 3.05) is 32.5 Å². The van der Waals surface area contributed by atoms with E-state index in [2.05, 4.69) is 26.9 Å². The van der Waals surface area contributed by atoms with Crippen LogP contribution in [0.2, 0.25) is 0 Å². The first-order valence-corrected chi connectivity index (χ1v) is 15.9. The van der Waals surface area contributed by atoms with Crippen molar-refractivity contribution >= 4 is 29.3 Å². The lowest BCUT2D eigenvalue weighted by molar-refractivity contribution is -0.384. The predicted octanol–water partition coefficient (Wildman–Crippen LogP) is 5.41. The summed E-state index contributed by atoms with van der Waals surface area (Å²) < 4.78 is 7.42. The molecule has 2 heterocycles. The SMILES string of the molecule is COc1ccc(-n2c(Cc3ccccc3)nnc2SCCCCC(=O)N2CCN(C(=O)c3cccc([N+](=O)[O-])c3)C(C)C2)cc1. The zero-order chi connectivity index (χ0) is 31.8. The third-order valence-electron chi connectivity index (χ3n) is 7.80. The Kier molecular flexibility index (Phi) is 10.5. The van der Waals surface area contributed by atoms with Gasteiger partial charge >= 0.3 is 0 Å². The minimum atomic E-state index is -0.509. The van der Waals surface area contributed by atoms with Gasteiger partial charge < -0.3 is 14.5 Å². The molecule has 4 aromatic rings. The van der Waals surface area contributed by atoms with Crippen molar-refractivity contribution in [1.82, 2.24) is 24.6 Å². The fourth-order valence-electron chi connectivity index (χ4n) is 5.38. The number of non-ortho nitro benzene ring substituents is 1. The first-order chi connectivity index (χ1) is 21.8. The van der Waals surface area contributed by atoms with Crippen molar-refractivity contribution in [1.29, 1.82) is 0 Å². The number of carbonyl (C=O) groups is 2. The van der Waals surface area contributed by atoms with E-state index in [0.717, 1.165) is 46.6 Å². The highest BCUT2D eigenvalue weighted by atomic mass is 32.2. The van der Waals surface area contributed by atoms with Gasteiger partial charge in [0, 0.05) is 67.7 Å². The Morgan fingerprint density at radius 1 is 1.00 bits per heavy atom. The second-order valence-corrected chi connectivity index (χ2v) is 12.0. The van der Waals surface area contributed by atoms with E-state index in [-0.39, 0.29) is 29.1 Å². The molecule has 1 aromatic heterocycles. The number of hydrogen-bond acceptors (Lipinski definition) is 8. The van der Waals surface area contributed by atoms with Crippen LogP contribution in [0.1, 0.15) is 47.9 Å². The molecule has 5 rings (SSSR count). The monoisotopic (exact) mass is 628 g/mol. The molecule has 0 spiro atoms. The Morgan fingerprint density at radius 3 is 2.49 bits per heavy atom. The summed E-state index contributed by atoms with van der Waals surface area (Å²) in [5, 5.41) is 20.9. The molecule has 1 atom stereocenters. The van der Waals surface area contributed by atoms with Crippen LogP contribution in [0.4, 0.5) is 5.69 Å². The summed E-state index contributed by atoms with van der Waals surface area (Å²) in [4.78, 5) is 40.2. The number of piperazine rings is 1. The highest BCUT2D eigenvalue weighted by Crippen LogP contribution is 2.26. The van der Waals surface area contributed by atoms with Crippen molar-refractivity contribution < 1.29 is 19.2 Å². The summed E-state index contributed by atoms with van der Waals surface area (Å²) in [7, 11) is 1.64. The van der Waals surface area contributed by atoms with Crippen molar-refractivity contribution in [2.45, 2.75) is 43.8 Å². The van der Waals surface area contributed by atoms with E-state index in [4.69, 9.17) is 4.74 Å². The van der Waals surface area contributed by atoms with Gasteiger partial charge in [0.2, 0.25) is 5.91 Å². The molecule has 0 N–H and O–H groups in total. The topological polar surface area (TPSA) is 124 Å². The van der Waals surface area contributed by atoms with Crippen LogP contribution in [0.25, 0.3) is 5.69 Å². The number of nitro benzene ring substituents is 1. The van der Waals surface area contributed by atoms with E-state index in [1.54, 1.807) is 29.8 Å². The minimum Gasteiger partial charge on any atom is -0.497 e. The lowest BCUT2D eigenvalue weighted by Crippen LogP contribution is -2.55. The summed E-state index contributed by atoms with van der Waals surface area (Å²) in [6, 6.07) is 23.6. The molecular weight excluding hydrogens is 592 g/mol. The number of carbonyl (C=O) groups excluding carboxylic acids is 2. The molecule has 2 amide bonds. The summed E-state index contributed by atoms with van der Waals surface area (Å²) in [5.41, 5.74) is 2.28. The normalized spacial score (nSPS) is 14.8. The zero-order valence-electron chi connectivity index (χ0n) is 25.4. The van der Waals surface area contributed by atoms with Gasteiger partial charge in [0.05, 0.1) is 12.0 Å². The molecule has 1 saturated heterocycles. The first kappa shape index (κ1) is 31.7. The number of nitro groups is 1. The number of ether oxygens (including phenoxy) is 1. The van der Waals surface area contributed by atoms with Crippen LogP contribution in [0, 0.1) is 10.1 Å². The van der Waals surface area contributed by atoms with Crippen molar-refractivity contribution in [3.63, 3.8) is 0 Å². The average Bonchev–Trinajstić information content (AvgIpc) is 3.46. The van der Waals surface area contributed by atoms with Gasteiger partial charge in [-0.25, -0.2) is 0 Å². The van der Waals surface area contributed by atoms with Crippen molar-refractivity contribution in [2.24, 2.45) is 0 Å². The third-order valence-corrected chi connectivity index (χ3v) is 8.81. The molecular formula is C33H36N6O5S. The second kappa shape index (κ2) is 14.8. The standard InChI is InChI=1S/C33H36N6O5S/c1-24-23-36(18-19-37(24)32(41)26-11-8-12-28(22-26)39(42)43)31(40)13-6-7-20-45-33-35-34-30(21-25-9-4-3-5-10-25)38(33)27-14-16-29(44-2)17-15-27/h3-5,8-12,14-17,22,24H,6-7,13,18-21,23H2,1-2H3. The molecule has 12 heteroatoms. The van der Waals surface area contributed by atoms with Crippen LogP contribution in [0.3, 0.4) is 0 Å². The summed E-state index contributed by atoms with van der Waals surface area (Å²) in [6.45, 7) is 3.16. The lowest BCUT2D eigenvalue weighted by atomic mass is 10.1. The molecule has 3 aromatic carbocycles. The number of thioether (sulfide) groups is 1. The Hall–Kier alpha value is -4.71. The summed E-state index contributed by atoms with van der Waals surface area (Å²) in [5.74, 6) is 2.22. The number of amides is 2. The van der Waals surface area contributed by atoms with E-state index >= 15 is 0 Å². The van der Waals surface area contributed by atoms with Gasteiger partial charge in [0.25, 0.3) is 11.6 Å². The summed E-state index contributed by atoms with van der Waals surface area (Å²) >= 11 is 1.62. The van der Waals surface area contributed by atoms with Crippen LogP contribution < -0.4 is 4.74 Å². The number of benzene rings is 3. The maximum absolute atomic E-state index is 13.0. The number of aromatic nitrogens is 3. The number of methoxy groups -OCH3 is 1. The van der Waals surface area contributed by atoms with E-state index < -0.39 is 4.92 Å². The predicted molar refractivity (Wildman–Crippen MR) is 172 cm³/mol. The fourth-order valence-corrected chi connectivity index (χ4v) is 6.35. The summed E-state index contributed by atoms with van der Waals surface area (Å²) in [6.07, 6.45) is 2.65. The number of rotatable bonds is 12. The van der Waals surface area contributed by atoms with E-state index in [0.29, 0.717) is 32.5 Å². The number of unbranched alkanes of at least 4 members (excludes halogenated alkanes) is 1. The molecule has 11 nitrogen and oxygen atoms in total. The molecule has 1 aliphatic heterocycles. The minimum absolute atomic E-state index is 0.0702. The Morgan fingerprint density at radius 2 is 1.78 bits per heavy atom. The van der Waals surface area contributed by atoms with Crippen LogP contribution in [0.5, 0.6) is 5.75 Å². The van der Waals surface area contributed by atoms with Gasteiger partial charge in [0.15, 0.2) is 5.16 Å². The van der Waals surface area contributed by atoms with Gasteiger partial charge in [-0.1, -0.05) is 48.2 Å². The maximum Gasteiger partial charge on any atom is 0.270 e. The molecule has 1 unspecified atom stereocenters. The Bertz CT molecular complexity index is 1630. The molecule has 1 aliphatic rings. The first-order valence-electron chi connectivity index (χ1n) is 14.9. The highest BCUT2D eigenvalue weighted by molar-refractivity contribution is 7.99. The zero-order valence-corrected chi connectivity index (χ0v) is 26.2. The van der Waals surface area contributed by atoms with E-state index in [1.807, 2.05) is 54.3 Å². The molecule has 45 heavy (non-hydrogen) atoms. The van der Waals surface area contributed by atoms with Gasteiger partial charge in [0.1, 0.15) is 11.6 Å². The quantitative estimate of drug-likeness (QED) is 0.0883. The Labute approximate surface area is 266 Å². The van der Waals surface area contributed by atoms with Crippen LogP contribution in [-0.4, -0.2) is 79.8 Å². The van der Waals surface area contributed by atoms with Crippen LogP contribution in [0.15, 0.2) is 84.0 Å². The molecule has 0 saturated carbocycles. The largest absolute Gasteiger partial charge is 0.497 e. The fraction of sp³-hybridized carbons (Fsp3) is 0.333. The Balaban J connectivity index is 1.12. The average molecular weight is 629 g/mol. The van der Waals surface area contributed by atoms with Gasteiger partial charge in [-0.15, -0.1) is 10.2 Å². The number of hydrogen-bond donors (Lipinski definition) is 0. The van der Waals surface area contributed by atoms with Crippen molar-refractivity contribution in [3.05, 3.63) is 106 Å². The van der Waals surface area contributed by atoms with Gasteiger partial charge in [-0.2, -0.15) is 0 Å². The van der Waals surface area contributed by atoms with Crippen LogP contribution in [-0.2, 0) is 11.2 Å². The second-order valence-electron chi connectivity index (χ2n) is 10.9. The third kappa shape index (κ3) is 7.88. The molecule has 0 bridgehead atoms. The maximum atomic E-state index is 13.0. The molecule has 0 aliphatic carbocycles. The van der Waals surface area contributed by atoms with E-state index in [1.165, 1.54) is 18.2 Å². The molecule has 1 fully saturated rings. The van der Waals surface area contributed by atoms with Crippen molar-refractivity contribution in [3.8, 4) is 11.4 Å². The van der Waals surface area contributed by atoms with Crippen LogP contribution >= 0.6 is 11.8 Å². The highest BCUT2D eigenvalue weighted by Gasteiger charge is 2.30. The lowest BCUT2D eigenvalue weighted by Gasteiger charge is -2.40. The smallest absolute Gasteiger partial charge is 0.270 e.